The summed E-state index contributed by atoms with van der Waals surface area (Å²) in [4.78, 5) is 9.68. The largest absolute Gasteiger partial charge is 0.333 e. The van der Waals surface area contributed by atoms with Crippen LogP contribution in [0.25, 0.3) is 21.3 Å². The van der Waals surface area contributed by atoms with Crippen molar-refractivity contribution in [3.05, 3.63) is 41.1 Å². The summed E-state index contributed by atoms with van der Waals surface area (Å²) in [5.74, 6) is 0.800. The zero-order valence-electron chi connectivity index (χ0n) is 14.1. The monoisotopic (exact) mass is 346 g/mol. The number of rotatable bonds is 5. The van der Waals surface area contributed by atoms with Crippen LogP contribution in [0, 0.1) is 19.7 Å². The number of hydrogen-bond donors (Lipinski definition) is 1. The molecule has 0 aliphatic carbocycles. The van der Waals surface area contributed by atoms with Gasteiger partial charge in [0.15, 0.2) is 5.82 Å². The third-order valence-electron chi connectivity index (χ3n) is 3.80. The van der Waals surface area contributed by atoms with Gasteiger partial charge in [0.05, 0.1) is 5.69 Å². The molecule has 24 heavy (non-hydrogen) atoms. The van der Waals surface area contributed by atoms with Gasteiger partial charge in [-0.2, -0.15) is 4.98 Å². The molecule has 1 N–H and O–H groups in total. The average molecular weight is 346 g/mol. The highest BCUT2D eigenvalue weighted by molar-refractivity contribution is 7.18. The first-order valence-electron chi connectivity index (χ1n) is 7.72. The van der Waals surface area contributed by atoms with Crippen LogP contribution in [0.4, 0.5) is 4.39 Å². The lowest BCUT2D eigenvalue weighted by molar-refractivity contribution is 0.418. The molecule has 0 bridgehead atoms. The van der Waals surface area contributed by atoms with Crippen LogP contribution in [0.15, 0.2) is 22.7 Å². The van der Waals surface area contributed by atoms with E-state index >= 15 is 0 Å². The van der Waals surface area contributed by atoms with Gasteiger partial charge >= 0.3 is 0 Å². The second kappa shape index (κ2) is 6.78. The zero-order chi connectivity index (χ0) is 17.3. The first-order valence-corrected chi connectivity index (χ1v) is 8.53. The van der Waals surface area contributed by atoms with Gasteiger partial charge in [-0.3, -0.25) is 0 Å². The Morgan fingerprint density at radius 1 is 1.29 bits per heavy atom. The van der Waals surface area contributed by atoms with Gasteiger partial charge in [0.1, 0.15) is 15.7 Å². The minimum absolute atomic E-state index is 0.259. The zero-order valence-corrected chi connectivity index (χ0v) is 14.9. The van der Waals surface area contributed by atoms with Crippen LogP contribution in [0.5, 0.6) is 0 Å². The molecule has 0 aliphatic heterocycles. The summed E-state index contributed by atoms with van der Waals surface area (Å²) in [6.45, 7) is 5.77. The molecule has 0 radical (unpaired) electrons. The Bertz CT molecular complexity index is 858. The van der Waals surface area contributed by atoms with E-state index in [1.165, 1.54) is 17.4 Å². The lowest BCUT2D eigenvalue weighted by Crippen LogP contribution is -2.24. The molecule has 2 heterocycles. The summed E-state index contributed by atoms with van der Waals surface area (Å²) in [6.07, 6.45) is 0.678. The second-order valence-corrected chi connectivity index (χ2v) is 6.83. The molecule has 0 saturated heterocycles. The number of halogens is 1. The minimum Gasteiger partial charge on any atom is -0.333 e. The predicted molar refractivity (Wildman–Crippen MR) is 92.5 cm³/mol. The molecule has 1 aromatic carbocycles. The Kier molecular flexibility index (Phi) is 4.73. The third kappa shape index (κ3) is 3.37. The molecular weight excluding hydrogens is 327 g/mol. The Morgan fingerprint density at radius 2 is 2.08 bits per heavy atom. The van der Waals surface area contributed by atoms with Crippen molar-refractivity contribution in [2.75, 3.05) is 7.05 Å². The molecule has 5 nitrogen and oxygen atoms in total. The molecule has 0 fully saturated rings. The number of likely N-dealkylation sites (N-methyl/N-ethyl adjacent to an activating group) is 1. The maximum absolute atomic E-state index is 14.2. The molecule has 1 atom stereocenters. The highest BCUT2D eigenvalue weighted by atomic mass is 32.1. The lowest BCUT2D eigenvalue weighted by atomic mass is 10.1. The van der Waals surface area contributed by atoms with E-state index in [-0.39, 0.29) is 11.9 Å². The summed E-state index contributed by atoms with van der Waals surface area (Å²) < 4.78 is 19.5. The van der Waals surface area contributed by atoms with E-state index in [0.717, 1.165) is 16.1 Å². The van der Waals surface area contributed by atoms with E-state index in [4.69, 9.17) is 4.52 Å². The minimum atomic E-state index is -0.274. The van der Waals surface area contributed by atoms with Gasteiger partial charge in [0, 0.05) is 18.0 Å². The van der Waals surface area contributed by atoms with Crippen molar-refractivity contribution >= 4 is 11.3 Å². The van der Waals surface area contributed by atoms with Gasteiger partial charge in [-0.05, 0) is 45.5 Å². The van der Waals surface area contributed by atoms with Crippen molar-refractivity contribution in [1.82, 2.24) is 20.4 Å². The van der Waals surface area contributed by atoms with Gasteiger partial charge in [0.25, 0.3) is 5.89 Å². The number of aromatic nitrogens is 3. The Balaban J connectivity index is 1.92. The smallest absolute Gasteiger partial charge is 0.269 e. The van der Waals surface area contributed by atoms with Gasteiger partial charge in [-0.15, -0.1) is 11.3 Å². The molecule has 0 saturated carbocycles. The van der Waals surface area contributed by atoms with Crippen LogP contribution in [0.3, 0.4) is 0 Å². The van der Waals surface area contributed by atoms with Crippen molar-refractivity contribution in [2.24, 2.45) is 0 Å². The normalized spacial score (nSPS) is 12.5. The quantitative estimate of drug-likeness (QED) is 0.762. The van der Waals surface area contributed by atoms with Crippen molar-refractivity contribution in [1.29, 1.82) is 0 Å². The first-order chi connectivity index (χ1) is 11.5. The average Bonchev–Trinajstić information content (AvgIpc) is 3.13. The van der Waals surface area contributed by atoms with Crippen LogP contribution in [0.1, 0.15) is 24.0 Å². The molecule has 7 heteroatoms. The molecule has 0 aliphatic rings. The Hall–Kier alpha value is -2.12. The van der Waals surface area contributed by atoms with E-state index in [2.05, 4.69) is 20.4 Å². The number of aryl methyl sites for hydroxylation is 2. The number of thiazole rings is 1. The van der Waals surface area contributed by atoms with Crippen molar-refractivity contribution in [3.8, 4) is 21.3 Å². The van der Waals surface area contributed by atoms with E-state index in [9.17, 15) is 4.39 Å². The molecule has 2 aromatic heterocycles. The van der Waals surface area contributed by atoms with Gasteiger partial charge in [0.2, 0.25) is 0 Å². The fourth-order valence-electron chi connectivity index (χ4n) is 2.31. The number of nitrogens with zero attached hydrogens (tertiary/aromatic N) is 3. The van der Waals surface area contributed by atoms with Crippen LogP contribution < -0.4 is 5.32 Å². The maximum Gasteiger partial charge on any atom is 0.269 e. The fraction of sp³-hybridized carbons (Fsp3) is 0.353. The second-order valence-electron chi connectivity index (χ2n) is 5.83. The summed E-state index contributed by atoms with van der Waals surface area (Å²) in [6, 6.07) is 5.39. The fourth-order valence-corrected chi connectivity index (χ4v) is 3.32. The first kappa shape index (κ1) is 16.7. The molecule has 0 spiro atoms. The molecule has 0 amide bonds. The summed E-state index contributed by atoms with van der Waals surface area (Å²) in [7, 11) is 1.89. The summed E-state index contributed by atoms with van der Waals surface area (Å²) in [5.41, 5.74) is 2.13. The van der Waals surface area contributed by atoms with Gasteiger partial charge in [-0.25, -0.2) is 9.37 Å². The van der Waals surface area contributed by atoms with E-state index < -0.39 is 0 Å². The molecular formula is C17H19FN4OS. The third-order valence-corrected chi connectivity index (χ3v) is 4.97. The maximum atomic E-state index is 14.2. The molecule has 3 rings (SSSR count). The number of benzene rings is 1. The highest BCUT2D eigenvalue weighted by Crippen LogP contribution is 2.35. The number of nitrogens with one attached hydrogen (secondary N) is 1. The lowest BCUT2D eigenvalue weighted by Gasteiger charge is -2.04. The Morgan fingerprint density at radius 3 is 2.79 bits per heavy atom. The van der Waals surface area contributed by atoms with E-state index in [1.54, 1.807) is 6.07 Å². The molecule has 3 aromatic rings. The van der Waals surface area contributed by atoms with Crippen LogP contribution in [-0.4, -0.2) is 28.2 Å². The van der Waals surface area contributed by atoms with Crippen LogP contribution in [-0.2, 0) is 6.42 Å². The molecule has 126 valence electrons. The SMILES string of the molecule is CNC(C)Cc1noc(-c2sc(-c3ccc(C)cc3F)nc2C)n1. The topological polar surface area (TPSA) is 63.8 Å². The van der Waals surface area contributed by atoms with Gasteiger partial charge in [-0.1, -0.05) is 11.2 Å². The summed E-state index contributed by atoms with van der Waals surface area (Å²) in [5, 5.41) is 7.76. The predicted octanol–water partition coefficient (Wildman–Crippen LogP) is 3.77. The van der Waals surface area contributed by atoms with Crippen LogP contribution in [0.2, 0.25) is 0 Å². The van der Waals surface area contributed by atoms with E-state index in [1.807, 2.05) is 33.9 Å². The Labute approximate surface area is 143 Å². The standard InChI is InChI=1S/C17H19FN4OS/c1-9-5-6-12(13(18)7-9)17-20-11(3)15(24-17)16-21-14(22-23-16)8-10(2)19-4/h5-7,10,19H,8H2,1-4H3. The van der Waals surface area contributed by atoms with E-state index in [0.29, 0.717) is 28.7 Å². The number of hydrogen-bond acceptors (Lipinski definition) is 6. The molecule has 1 unspecified atom stereocenters. The van der Waals surface area contributed by atoms with Gasteiger partial charge < -0.3 is 9.84 Å². The summed E-state index contributed by atoms with van der Waals surface area (Å²) >= 11 is 1.36. The van der Waals surface area contributed by atoms with Crippen molar-refractivity contribution < 1.29 is 8.91 Å². The highest BCUT2D eigenvalue weighted by Gasteiger charge is 2.19. The van der Waals surface area contributed by atoms with Crippen LogP contribution >= 0.6 is 11.3 Å². The van der Waals surface area contributed by atoms with Crippen molar-refractivity contribution in [2.45, 2.75) is 33.2 Å². The van der Waals surface area contributed by atoms with Crippen molar-refractivity contribution in [3.63, 3.8) is 0 Å².